The molecule has 1 aliphatic heterocycles. The molecule has 96 valence electrons. The number of likely N-dealkylation sites (tertiary alicyclic amines) is 1. The van der Waals surface area contributed by atoms with Gasteiger partial charge in [0, 0.05) is 13.0 Å². The fourth-order valence-corrected chi connectivity index (χ4v) is 1.59. The fourth-order valence-electron chi connectivity index (χ4n) is 1.59. The average molecular weight is 246 g/mol. The van der Waals surface area contributed by atoms with Gasteiger partial charge in [0.2, 0.25) is 0 Å². The first-order valence-electron chi connectivity index (χ1n) is 4.98. The van der Waals surface area contributed by atoms with Crippen LogP contribution in [0.15, 0.2) is 0 Å². The highest BCUT2D eigenvalue weighted by Gasteiger charge is 2.38. The Hall–Kier alpha value is -1.83. The zero-order valence-electron chi connectivity index (χ0n) is 9.25. The molecule has 0 unspecified atom stereocenters. The number of aliphatic hydroxyl groups excluding tert-OH is 1. The molecule has 0 saturated carbocycles. The van der Waals surface area contributed by atoms with Gasteiger partial charge in [-0.1, -0.05) is 0 Å². The standard InChI is InChI=1S/C9H14N2O6/c1-17-7(13)3-10-9(16)11-4-5(12)2-6(11)8(14)15/h5-6,12H,2-4H2,1H3,(H,10,16)(H,14,15)/t5-,6-/m0/s1. The smallest absolute Gasteiger partial charge is 0.326 e. The molecule has 1 heterocycles. The van der Waals surface area contributed by atoms with Crippen LogP contribution in [0, 0.1) is 0 Å². The number of ether oxygens (including phenoxy) is 1. The van der Waals surface area contributed by atoms with E-state index in [0.29, 0.717) is 0 Å². The van der Waals surface area contributed by atoms with Gasteiger partial charge in [0.05, 0.1) is 13.2 Å². The van der Waals surface area contributed by atoms with Crippen LogP contribution in [-0.4, -0.2) is 65.4 Å². The summed E-state index contributed by atoms with van der Waals surface area (Å²) in [5, 5.41) is 20.4. The third-order valence-corrected chi connectivity index (χ3v) is 2.44. The third kappa shape index (κ3) is 3.31. The number of aliphatic carboxylic acids is 1. The van der Waals surface area contributed by atoms with Crippen molar-refractivity contribution in [3.05, 3.63) is 0 Å². The molecule has 0 aromatic heterocycles. The van der Waals surface area contributed by atoms with Crippen molar-refractivity contribution in [1.82, 2.24) is 10.2 Å². The maximum atomic E-state index is 11.6. The number of hydrogen-bond acceptors (Lipinski definition) is 5. The molecule has 0 spiro atoms. The van der Waals surface area contributed by atoms with Crippen molar-refractivity contribution in [2.45, 2.75) is 18.6 Å². The van der Waals surface area contributed by atoms with Crippen LogP contribution >= 0.6 is 0 Å². The van der Waals surface area contributed by atoms with E-state index >= 15 is 0 Å². The zero-order valence-corrected chi connectivity index (χ0v) is 9.25. The minimum Gasteiger partial charge on any atom is -0.480 e. The summed E-state index contributed by atoms with van der Waals surface area (Å²) < 4.78 is 4.32. The summed E-state index contributed by atoms with van der Waals surface area (Å²) in [4.78, 5) is 34.2. The number of carboxylic acids is 1. The molecule has 1 saturated heterocycles. The highest BCUT2D eigenvalue weighted by atomic mass is 16.5. The molecule has 0 bridgehead atoms. The second-order valence-electron chi connectivity index (χ2n) is 3.63. The lowest BCUT2D eigenvalue weighted by molar-refractivity contribution is -0.141. The van der Waals surface area contributed by atoms with Gasteiger partial charge in [0.1, 0.15) is 12.6 Å². The lowest BCUT2D eigenvalue weighted by Crippen LogP contribution is -2.47. The van der Waals surface area contributed by atoms with Crippen molar-refractivity contribution >= 4 is 18.0 Å². The number of nitrogens with zero attached hydrogens (tertiary/aromatic N) is 1. The van der Waals surface area contributed by atoms with Crippen LogP contribution in [-0.2, 0) is 14.3 Å². The Labute approximate surface area is 97.1 Å². The maximum absolute atomic E-state index is 11.6. The van der Waals surface area contributed by atoms with E-state index in [1.165, 1.54) is 7.11 Å². The molecule has 0 aliphatic carbocycles. The summed E-state index contributed by atoms with van der Waals surface area (Å²) in [7, 11) is 1.17. The van der Waals surface area contributed by atoms with Crippen LogP contribution < -0.4 is 5.32 Å². The second-order valence-corrected chi connectivity index (χ2v) is 3.63. The van der Waals surface area contributed by atoms with Crippen molar-refractivity contribution in [3.8, 4) is 0 Å². The number of rotatable bonds is 3. The fraction of sp³-hybridized carbons (Fsp3) is 0.667. The van der Waals surface area contributed by atoms with Crippen molar-refractivity contribution in [2.24, 2.45) is 0 Å². The summed E-state index contributed by atoms with van der Waals surface area (Å²) in [6, 6.07) is -1.78. The Morgan fingerprint density at radius 2 is 2.12 bits per heavy atom. The number of aliphatic hydroxyl groups is 1. The maximum Gasteiger partial charge on any atom is 0.326 e. The van der Waals surface area contributed by atoms with Gasteiger partial charge in [-0.05, 0) is 0 Å². The van der Waals surface area contributed by atoms with Crippen LogP contribution in [0.1, 0.15) is 6.42 Å². The predicted octanol–water partition coefficient (Wildman–Crippen LogP) is -1.61. The third-order valence-electron chi connectivity index (χ3n) is 2.44. The second kappa shape index (κ2) is 5.48. The van der Waals surface area contributed by atoms with Gasteiger partial charge in [0.25, 0.3) is 0 Å². The van der Waals surface area contributed by atoms with E-state index in [4.69, 9.17) is 5.11 Å². The minimum atomic E-state index is -1.19. The Morgan fingerprint density at radius 3 is 2.65 bits per heavy atom. The number of esters is 1. The number of urea groups is 1. The number of hydrogen-bond donors (Lipinski definition) is 3. The zero-order chi connectivity index (χ0) is 13.0. The highest BCUT2D eigenvalue weighted by Crippen LogP contribution is 2.17. The van der Waals surface area contributed by atoms with Crippen molar-refractivity contribution in [1.29, 1.82) is 0 Å². The van der Waals surface area contributed by atoms with E-state index in [1.54, 1.807) is 0 Å². The molecule has 2 amide bonds. The van der Waals surface area contributed by atoms with Crippen LogP contribution in [0.5, 0.6) is 0 Å². The van der Waals surface area contributed by atoms with Gasteiger partial charge >= 0.3 is 18.0 Å². The molecule has 1 fully saturated rings. The van der Waals surface area contributed by atoms with E-state index in [0.717, 1.165) is 4.90 Å². The van der Waals surface area contributed by atoms with Gasteiger partial charge in [-0.25, -0.2) is 9.59 Å². The average Bonchev–Trinajstić information content (AvgIpc) is 2.67. The van der Waals surface area contributed by atoms with Gasteiger partial charge in [-0.2, -0.15) is 0 Å². The van der Waals surface area contributed by atoms with E-state index in [-0.39, 0.29) is 19.5 Å². The van der Waals surface area contributed by atoms with Crippen LogP contribution in [0.3, 0.4) is 0 Å². The van der Waals surface area contributed by atoms with Gasteiger partial charge in [-0.15, -0.1) is 0 Å². The minimum absolute atomic E-state index is 0.0129. The molecule has 2 atom stereocenters. The highest BCUT2D eigenvalue weighted by molar-refractivity contribution is 5.85. The summed E-state index contributed by atoms with van der Waals surface area (Å²) in [5.74, 6) is -1.82. The number of nitrogens with one attached hydrogen (secondary N) is 1. The monoisotopic (exact) mass is 246 g/mol. The molecular formula is C9H14N2O6. The number of β-amino-alcohol motifs (C(OH)–C–C–N with tert-alkyl or cyclic N) is 1. The molecule has 8 heteroatoms. The Balaban J connectivity index is 2.55. The number of carbonyl (C=O) groups excluding carboxylic acids is 2. The first-order chi connectivity index (χ1) is 7.95. The van der Waals surface area contributed by atoms with E-state index in [1.807, 2.05) is 0 Å². The normalized spacial score (nSPS) is 23.3. The quantitative estimate of drug-likeness (QED) is 0.516. The molecular weight excluding hydrogens is 232 g/mol. The van der Waals surface area contributed by atoms with Crippen molar-refractivity contribution < 1.29 is 29.3 Å². The van der Waals surface area contributed by atoms with Crippen LogP contribution in [0.25, 0.3) is 0 Å². The van der Waals surface area contributed by atoms with Crippen LogP contribution in [0.2, 0.25) is 0 Å². The lowest BCUT2D eigenvalue weighted by atomic mass is 10.2. The number of carbonyl (C=O) groups is 3. The number of amides is 2. The predicted molar refractivity (Wildman–Crippen MR) is 54.2 cm³/mol. The van der Waals surface area contributed by atoms with Crippen molar-refractivity contribution in [3.63, 3.8) is 0 Å². The molecule has 8 nitrogen and oxygen atoms in total. The number of carboxylic acid groups (broad SMARTS) is 1. The Morgan fingerprint density at radius 1 is 1.47 bits per heavy atom. The van der Waals surface area contributed by atoms with E-state index < -0.39 is 30.1 Å². The van der Waals surface area contributed by atoms with Crippen LogP contribution in [0.4, 0.5) is 4.79 Å². The Bertz CT molecular complexity index is 331. The summed E-state index contributed by atoms with van der Waals surface area (Å²) >= 11 is 0. The molecule has 0 radical (unpaired) electrons. The van der Waals surface area contributed by atoms with E-state index in [9.17, 15) is 19.5 Å². The van der Waals surface area contributed by atoms with E-state index in [2.05, 4.69) is 10.1 Å². The van der Waals surface area contributed by atoms with Gasteiger partial charge in [-0.3, -0.25) is 4.79 Å². The van der Waals surface area contributed by atoms with Gasteiger partial charge in [0.15, 0.2) is 0 Å². The SMILES string of the molecule is COC(=O)CNC(=O)N1C[C@@H](O)C[C@H]1C(=O)O. The van der Waals surface area contributed by atoms with Crippen molar-refractivity contribution in [2.75, 3.05) is 20.2 Å². The summed E-state index contributed by atoms with van der Waals surface area (Å²) in [5.41, 5.74) is 0. The largest absolute Gasteiger partial charge is 0.480 e. The number of methoxy groups -OCH3 is 1. The molecule has 3 N–H and O–H groups in total. The first-order valence-corrected chi connectivity index (χ1v) is 4.98. The molecule has 17 heavy (non-hydrogen) atoms. The molecule has 1 rings (SSSR count). The Kier molecular flexibility index (Phi) is 4.27. The molecule has 0 aromatic carbocycles. The first kappa shape index (κ1) is 13.2. The van der Waals surface area contributed by atoms with Gasteiger partial charge < -0.3 is 25.2 Å². The summed E-state index contributed by atoms with van der Waals surface area (Å²) in [6.07, 6.45) is -0.874. The molecule has 0 aromatic rings. The summed E-state index contributed by atoms with van der Waals surface area (Å²) in [6.45, 7) is -0.405. The lowest BCUT2D eigenvalue weighted by Gasteiger charge is -2.21. The molecule has 1 aliphatic rings. The topological polar surface area (TPSA) is 116 Å².